The smallest absolute Gasteiger partial charge is 0.220 e. The molecule has 1 aliphatic rings. The first-order valence-corrected chi connectivity index (χ1v) is 9.92. The Morgan fingerprint density at radius 3 is 2.96 bits per heavy atom. The molecule has 1 unspecified atom stereocenters. The van der Waals surface area contributed by atoms with Crippen molar-refractivity contribution in [3.05, 3.63) is 41.4 Å². The summed E-state index contributed by atoms with van der Waals surface area (Å²) in [7, 11) is 0. The van der Waals surface area contributed by atoms with E-state index in [0.717, 1.165) is 31.1 Å². The van der Waals surface area contributed by atoms with Crippen LogP contribution in [0, 0.1) is 0 Å². The van der Waals surface area contributed by atoms with Gasteiger partial charge in [-0.3, -0.25) is 4.79 Å². The second kappa shape index (κ2) is 7.84. The minimum Gasteiger partial charge on any atom is -0.352 e. The first kappa shape index (κ1) is 16.3. The van der Waals surface area contributed by atoms with Gasteiger partial charge in [0, 0.05) is 42.0 Å². The minimum absolute atomic E-state index is 0.143. The lowest BCUT2D eigenvalue weighted by Gasteiger charge is -2.15. The monoisotopic (exact) mass is 347 g/mol. The average molecular weight is 348 g/mol. The number of rotatable bonds is 6. The van der Waals surface area contributed by atoms with Gasteiger partial charge in [-0.15, -0.1) is 23.1 Å². The molecule has 0 saturated carbocycles. The molecule has 2 heterocycles. The quantitative estimate of drug-likeness (QED) is 0.815. The van der Waals surface area contributed by atoms with E-state index >= 15 is 0 Å². The van der Waals surface area contributed by atoms with Gasteiger partial charge in [0.15, 0.2) is 5.13 Å². The molecule has 1 aliphatic heterocycles. The number of carbonyl (C=O) groups excluding carboxylic acids is 1. The largest absolute Gasteiger partial charge is 0.352 e. The first-order chi connectivity index (χ1) is 11.2. The summed E-state index contributed by atoms with van der Waals surface area (Å²) < 4.78 is 0. The fourth-order valence-corrected chi connectivity index (χ4v) is 3.86. The standard InChI is InChI=1S/C17H21N3OS2/c1-22-15-5-2-13(3-6-15)4-7-16(21)19-14-8-10-20(12-14)17-18-9-11-23-17/h2-3,5-6,9,11,14H,4,7-8,10,12H2,1H3,(H,19,21). The lowest BCUT2D eigenvalue weighted by Crippen LogP contribution is -2.37. The van der Waals surface area contributed by atoms with Crippen LogP contribution in [-0.4, -0.2) is 36.3 Å². The third-order valence-electron chi connectivity index (χ3n) is 4.04. The molecule has 1 saturated heterocycles. The van der Waals surface area contributed by atoms with Crippen molar-refractivity contribution in [2.24, 2.45) is 0 Å². The summed E-state index contributed by atoms with van der Waals surface area (Å²) in [5, 5.41) is 6.20. The zero-order chi connectivity index (χ0) is 16.1. The second-order valence-electron chi connectivity index (χ2n) is 5.66. The Balaban J connectivity index is 1.42. The van der Waals surface area contributed by atoms with E-state index in [1.165, 1.54) is 10.5 Å². The highest BCUT2D eigenvalue weighted by Crippen LogP contribution is 2.22. The fraction of sp³-hybridized carbons (Fsp3) is 0.412. The van der Waals surface area contributed by atoms with Crippen LogP contribution in [0.15, 0.2) is 40.7 Å². The molecule has 0 bridgehead atoms. The number of aryl methyl sites for hydroxylation is 1. The third kappa shape index (κ3) is 4.48. The maximum atomic E-state index is 12.1. The molecule has 3 rings (SSSR count). The SMILES string of the molecule is CSc1ccc(CCC(=O)NC2CCN(c3nccs3)C2)cc1. The van der Waals surface area contributed by atoms with Gasteiger partial charge < -0.3 is 10.2 Å². The highest BCUT2D eigenvalue weighted by atomic mass is 32.2. The lowest BCUT2D eigenvalue weighted by molar-refractivity contribution is -0.121. The minimum atomic E-state index is 0.143. The molecule has 0 spiro atoms. The molecular formula is C17H21N3OS2. The fourth-order valence-electron chi connectivity index (χ4n) is 2.77. The van der Waals surface area contributed by atoms with E-state index in [0.29, 0.717) is 6.42 Å². The summed E-state index contributed by atoms with van der Waals surface area (Å²) in [6.07, 6.45) is 6.23. The van der Waals surface area contributed by atoms with Crippen LogP contribution in [0.4, 0.5) is 5.13 Å². The molecule has 23 heavy (non-hydrogen) atoms. The van der Waals surface area contributed by atoms with Crippen molar-refractivity contribution in [1.82, 2.24) is 10.3 Å². The number of thioether (sulfide) groups is 1. The van der Waals surface area contributed by atoms with Crippen LogP contribution in [0.1, 0.15) is 18.4 Å². The van der Waals surface area contributed by atoms with Gasteiger partial charge in [0.1, 0.15) is 0 Å². The molecule has 2 aromatic rings. The Morgan fingerprint density at radius 2 is 2.26 bits per heavy atom. The number of hydrogen-bond donors (Lipinski definition) is 1. The van der Waals surface area contributed by atoms with Gasteiger partial charge in [-0.1, -0.05) is 12.1 Å². The highest BCUT2D eigenvalue weighted by molar-refractivity contribution is 7.98. The number of thiazole rings is 1. The van der Waals surface area contributed by atoms with Crippen LogP contribution < -0.4 is 10.2 Å². The number of benzene rings is 1. The van der Waals surface area contributed by atoms with Crippen molar-refractivity contribution in [2.75, 3.05) is 24.2 Å². The predicted octanol–water partition coefficient (Wildman–Crippen LogP) is 3.19. The number of hydrogen-bond acceptors (Lipinski definition) is 5. The zero-order valence-corrected chi connectivity index (χ0v) is 14.8. The molecule has 4 nitrogen and oxygen atoms in total. The van der Waals surface area contributed by atoms with Crippen molar-refractivity contribution < 1.29 is 4.79 Å². The van der Waals surface area contributed by atoms with Crippen LogP contribution in [0.3, 0.4) is 0 Å². The van der Waals surface area contributed by atoms with E-state index in [1.807, 2.05) is 11.6 Å². The van der Waals surface area contributed by atoms with Gasteiger partial charge in [-0.25, -0.2) is 4.98 Å². The van der Waals surface area contributed by atoms with Crippen molar-refractivity contribution in [1.29, 1.82) is 0 Å². The van der Waals surface area contributed by atoms with E-state index in [1.54, 1.807) is 23.1 Å². The number of nitrogens with zero attached hydrogens (tertiary/aromatic N) is 2. The van der Waals surface area contributed by atoms with E-state index < -0.39 is 0 Å². The third-order valence-corrected chi connectivity index (χ3v) is 5.62. The van der Waals surface area contributed by atoms with Gasteiger partial charge in [0.05, 0.1) is 0 Å². The van der Waals surface area contributed by atoms with Gasteiger partial charge in [-0.2, -0.15) is 0 Å². The lowest BCUT2D eigenvalue weighted by atomic mass is 10.1. The van der Waals surface area contributed by atoms with Crippen molar-refractivity contribution in [3.8, 4) is 0 Å². The summed E-state index contributed by atoms with van der Waals surface area (Å²) in [6, 6.07) is 8.68. The maximum Gasteiger partial charge on any atom is 0.220 e. The number of aromatic nitrogens is 1. The Bertz CT molecular complexity index is 628. The summed E-state index contributed by atoms with van der Waals surface area (Å²) in [4.78, 5) is 20.0. The predicted molar refractivity (Wildman–Crippen MR) is 97.4 cm³/mol. The molecule has 0 radical (unpaired) electrons. The van der Waals surface area contributed by atoms with Crippen molar-refractivity contribution in [2.45, 2.75) is 30.2 Å². The van der Waals surface area contributed by atoms with Gasteiger partial charge in [0.25, 0.3) is 0 Å². The second-order valence-corrected chi connectivity index (χ2v) is 7.41. The molecule has 6 heteroatoms. The summed E-state index contributed by atoms with van der Waals surface area (Å²) in [5.74, 6) is 0.143. The zero-order valence-electron chi connectivity index (χ0n) is 13.2. The highest BCUT2D eigenvalue weighted by Gasteiger charge is 2.25. The molecule has 1 N–H and O–H groups in total. The van der Waals surface area contributed by atoms with Crippen molar-refractivity contribution >= 4 is 34.1 Å². The van der Waals surface area contributed by atoms with E-state index in [2.05, 4.69) is 45.7 Å². The van der Waals surface area contributed by atoms with Crippen LogP contribution in [-0.2, 0) is 11.2 Å². The maximum absolute atomic E-state index is 12.1. The van der Waals surface area contributed by atoms with E-state index in [4.69, 9.17) is 0 Å². The topological polar surface area (TPSA) is 45.2 Å². The first-order valence-electron chi connectivity index (χ1n) is 7.81. The van der Waals surface area contributed by atoms with Gasteiger partial charge >= 0.3 is 0 Å². The molecule has 1 aromatic heterocycles. The summed E-state index contributed by atoms with van der Waals surface area (Å²) in [5.41, 5.74) is 1.22. The van der Waals surface area contributed by atoms with Gasteiger partial charge in [-0.05, 0) is 36.8 Å². The van der Waals surface area contributed by atoms with E-state index in [9.17, 15) is 4.79 Å². The molecule has 1 aromatic carbocycles. The molecule has 1 atom stereocenters. The molecular weight excluding hydrogens is 326 g/mol. The van der Waals surface area contributed by atoms with Crippen LogP contribution in [0.2, 0.25) is 0 Å². The van der Waals surface area contributed by atoms with E-state index in [-0.39, 0.29) is 11.9 Å². The molecule has 1 fully saturated rings. The number of anilines is 1. The van der Waals surface area contributed by atoms with Gasteiger partial charge in [0.2, 0.25) is 5.91 Å². The van der Waals surface area contributed by atoms with Crippen molar-refractivity contribution in [3.63, 3.8) is 0 Å². The molecule has 0 aliphatic carbocycles. The Morgan fingerprint density at radius 1 is 1.43 bits per heavy atom. The normalized spacial score (nSPS) is 17.4. The summed E-state index contributed by atoms with van der Waals surface area (Å²) >= 11 is 3.39. The number of nitrogens with one attached hydrogen (secondary N) is 1. The van der Waals surface area contributed by atoms with Crippen LogP contribution >= 0.6 is 23.1 Å². The number of amides is 1. The average Bonchev–Trinajstić information content (AvgIpc) is 3.24. The summed E-state index contributed by atoms with van der Waals surface area (Å²) in [6.45, 7) is 1.83. The molecule has 1 amide bonds. The van der Waals surface area contributed by atoms with Crippen LogP contribution in [0.5, 0.6) is 0 Å². The Kier molecular flexibility index (Phi) is 5.56. The Hall–Kier alpha value is -1.53. The van der Waals surface area contributed by atoms with Crippen LogP contribution in [0.25, 0.3) is 0 Å². The Labute approximate surface area is 145 Å². The molecule has 122 valence electrons. The number of carbonyl (C=O) groups is 1.